The lowest BCUT2D eigenvalue weighted by Crippen LogP contribution is -2.16. The molecule has 0 aromatic heterocycles. The Kier molecular flexibility index (Phi) is 9.52. The van der Waals surface area contributed by atoms with Gasteiger partial charge in [0.2, 0.25) is 0 Å². The van der Waals surface area contributed by atoms with Crippen LogP contribution in [0.2, 0.25) is 5.02 Å². The average Bonchev–Trinajstić information content (AvgIpc) is 2.55. The van der Waals surface area contributed by atoms with E-state index in [1.807, 2.05) is 25.1 Å². The highest BCUT2D eigenvalue weighted by atomic mass is 79.9. The van der Waals surface area contributed by atoms with E-state index in [1.165, 1.54) is 5.56 Å². The van der Waals surface area contributed by atoms with Crippen molar-refractivity contribution in [3.63, 3.8) is 0 Å². The molecule has 0 aliphatic carbocycles. The maximum atomic E-state index is 5.89. The number of ether oxygens (including phenoxy) is 2. The minimum Gasteiger partial charge on any atom is -0.493 e. The summed E-state index contributed by atoms with van der Waals surface area (Å²) in [5, 5.41) is 4.22. The third-order valence-electron chi connectivity index (χ3n) is 3.41. The molecule has 0 bridgehead atoms. The molecule has 0 saturated carbocycles. The first-order valence-corrected chi connectivity index (χ1v) is 8.75. The molecule has 0 atom stereocenters. The van der Waals surface area contributed by atoms with E-state index in [0.29, 0.717) is 6.61 Å². The van der Waals surface area contributed by atoms with Crippen LogP contribution in [0.25, 0.3) is 0 Å². The minimum atomic E-state index is 0. The van der Waals surface area contributed by atoms with E-state index >= 15 is 0 Å². The van der Waals surface area contributed by atoms with Crippen molar-refractivity contribution in [2.45, 2.75) is 19.9 Å². The Bertz CT molecular complexity index is 636. The van der Waals surface area contributed by atoms with Gasteiger partial charge in [-0.05, 0) is 71.2 Å². The molecular weight excluding hydrogens is 413 g/mol. The topological polar surface area (TPSA) is 30.5 Å². The van der Waals surface area contributed by atoms with Gasteiger partial charge in [0, 0.05) is 11.6 Å². The second-order valence-electron chi connectivity index (χ2n) is 5.10. The molecule has 0 saturated heterocycles. The van der Waals surface area contributed by atoms with Gasteiger partial charge in [-0.3, -0.25) is 0 Å². The van der Waals surface area contributed by atoms with Gasteiger partial charge < -0.3 is 14.8 Å². The Morgan fingerprint density at radius 1 is 1.12 bits per heavy atom. The monoisotopic (exact) mass is 433 g/mol. The SMILES string of the molecule is CCOc1c(Br)cc(CNCCc2ccc(Cl)cc2)cc1OC.Cl. The molecule has 2 rings (SSSR count). The van der Waals surface area contributed by atoms with Crippen molar-refractivity contribution < 1.29 is 9.47 Å². The average molecular weight is 435 g/mol. The van der Waals surface area contributed by atoms with Gasteiger partial charge in [-0.2, -0.15) is 0 Å². The van der Waals surface area contributed by atoms with E-state index in [9.17, 15) is 0 Å². The maximum Gasteiger partial charge on any atom is 0.175 e. The van der Waals surface area contributed by atoms with Crippen LogP contribution in [-0.2, 0) is 13.0 Å². The van der Waals surface area contributed by atoms with Gasteiger partial charge in [0.15, 0.2) is 11.5 Å². The lowest BCUT2D eigenvalue weighted by atomic mass is 10.1. The summed E-state index contributed by atoms with van der Waals surface area (Å²) in [6, 6.07) is 12.0. The van der Waals surface area contributed by atoms with E-state index in [0.717, 1.165) is 46.1 Å². The molecule has 132 valence electrons. The normalized spacial score (nSPS) is 10.2. The standard InChI is InChI=1S/C18H21BrClNO2.ClH/c1-3-23-18-16(19)10-14(11-17(18)22-2)12-21-9-8-13-4-6-15(20)7-5-13;/h4-7,10-11,21H,3,8-9,12H2,1-2H3;1H. The van der Waals surface area contributed by atoms with E-state index in [2.05, 4.69) is 39.4 Å². The highest BCUT2D eigenvalue weighted by molar-refractivity contribution is 9.10. The van der Waals surface area contributed by atoms with Gasteiger partial charge in [0.25, 0.3) is 0 Å². The van der Waals surface area contributed by atoms with E-state index < -0.39 is 0 Å². The van der Waals surface area contributed by atoms with Gasteiger partial charge in [-0.25, -0.2) is 0 Å². The fraction of sp³-hybridized carbons (Fsp3) is 0.333. The van der Waals surface area contributed by atoms with Gasteiger partial charge in [0.05, 0.1) is 18.2 Å². The van der Waals surface area contributed by atoms with Gasteiger partial charge in [-0.1, -0.05) is 23.7 Å². The van der Waals surface area contributed by atoms with Crippen molar-refractivity contribution in [2.24, 2.45) is 0 Å². The zero-order valence-corrected chi connectivity index (χ0v) is 16.9. The number of rotatable bonds is 8. The molecule has 0 aliphatic heterocycles. The molecule has 0 fully saturated rings. The predicted molar refractivity (Wildman–Crippen MR) is 106 cm³/mol. The Balaban J connectivity index is 0.00000288. The Morgan fingerprint density at radius 3 is 2.46 bits per heavy atom. The maximum absolute atomic E-state index is 5.89. The molecule has 3 nitrogen and oxygen atoms in total. The number of halogens is 3. The number of methoxy groups -OCH3 is 1. The molecule has 0 amide bonds. The molecule has 0 aliphatic rings. The number of hydrogen-bond donors (Lipinski definition) is 1. The number of hydrogen-bond acceptors (Lipinski definition) is 3. The van der Waals surface area contributed by atoms with Crippen LogP contribution in [0.4, 0.5) is 0 Å². The van der Waals surface area contributed by atoms with Crippen molar-refractivity contribution in [1.29, 1.82) is 0 Å². The zero-order valence-electron chi connectivity index (χ0n) is 13.8. The summed E-state index contributed by atoms with van der Waals surface area (Å²) in [5.41, 5.74) is 2.42. The van der Waals surface area contributed by atoms with Crippen LogP contribution in [-0.4, -0.2) is 20.3 Å². The van der Waals surface area contributed by atoms with Crippen LogP contribution in [0.1, 0.15) is 18.1 Å². The summed E-state index contributed by atoms with van der Waals surface area (Å²) in [7, 11) is 1.65. The fourth-order valence-corrected chi connectivity index (χ4v) is 3.01. The third kappa shape index (κ3) is 6.17. The molecule has 24 heavy (non-hydrogen) atoms. The third-order valence-corrected chi connectivity index (χ3v) is 4.25. The van der Waals surface area contributed by atoms with Crippen molar-refractivity contribution in [2.75, 3.05) is 20.3 Å². The summed E-state index contributed by atoms with van der Waals surface area (Å²) in [6.45, 7) is 4.23. The highest BCUT2D eigenvalue weighted by Gasteiger charge is 2.11. The first kappa shape index (κ1) is 21.1. The quantitative estimate of drug-likeness (QED) is 0.574. The van der Waals surface area contributed by atoms with Crippen LogP contribution in [0.5, 0.6) is 11.5 Å². The molecule has 2 aromatic carbocycles. The molecule has 2 aromatic rings. The lowest BCUT2D eigenvalue weighted by Gasteiger charge is -2.14. The number of nitrogens with one attached hydrogen (secondary N) is 1. The fourth-order valence-electron chi connectivity index (χ4n) is 2.28. The van der Waals surface area contributed by atoms with Crippen molar-refractivity contribution in [3.05, 3.63) is 57.0 Å². The van der Waals surface area contributed by atoms with Crippen LogP contribution >= 0.6 is 39.9 Å². The minimum absolute atomic E-state index is 0. The van der Waals surface area contributed by atoms with Crippen molar-refractivity contribution in [3.8, 4) is 11.5 Å². The summed E-state index contributed by atoms with van der Waals surface area (Å²) >= 11 is 9.44. The lowest BCUT2D eigenvalue weighted by molar-refractivity contribution is 0.308. The van der Waals surface area contributed by atoms with E-state index in [4.69, 9.17) is 21.1 Å². The van der Waals surface area contributed by atoms with E-state index in [-0.39, 0.29) is 12.4 Å². The molecule has 6 heteroatoms. The highest BCUT2D eigenvalue weighted by Crippen LogP contribution is 2.36. The second-order valence-corrected chi connectivity index (χ2v) is 6.39. The molecule has 1 N–H and O–H groups in total. The Labute approximate surface area is 163 Å². The first-order chi connectivity index (χ1) is 11.1. The van der Waals surface area contributed by atoms with Crippen LogP contribution in [0.15, 0.2) is 40.9 Å². The summed E-state index contributed by atoms with van der Waals surface area (Å²) < 4.78 is 11.9. The number of benzene rings is 2. The van der Waals surface area contributed by atoms with E-state index in [1.54, 1.807) is 7.11 Å². The molecule has 0 heterocycles. The zero-order chi connectivity index (χ0) is 16.7. The predicted octanol–water partition coefficient (Wildman–Crippen LogP) is 5.26. The molecule has 0 unspecified atom stereocenters. The Morgan fingerprint density at radius 2 is 1.83 bits per heavy atom. The summed E-state index contributed by atoms with van der Waals surface area (Å²) in [6.07, 6.45) is 0.965. The van der Waals surface area contributed by atoms with Gasteiger partial charge in [-0.15, -0.1) is 12.4 Å². The molecule has 0 spiro atoms. The smallest absolute Gasteiger partial charge is 0.175 e. The van der Waals surface area contributed by atoms with Gasteiger partial charge in [0.1, 0.15) is 0 Å². The van der Waals surface area contributed by atoms with Gasteiger partial charge >= 0.3 is 0 Å². The molecule has 0 radical (unpaired) electrons. The van der Waals surface area contributed by atoms with Crippen molar-refractivity contribution >= 4 is 39.9 Å². The van der Waals surface area contributed by atoms with Crippen LogP contribution < -0.4 is 14.8 Å². The first-order valence-electron chi connectivity index (χ1n) is 7.58. The largest absolute Gasteiger partial charge is 0.493 e. The second kappa shape index (κ2) is 10.8. The Hall–Kier alpha value is -0.940. The van der Waals surface area contributed by atoms with Crippen LogP contribution in [0.3, 0.4) is 0 Å². The summed E-state index contributed by atoms with van der Waals surface area (Å²) in [4.78, 5) is 0. The van der Waals surface area contributed by atoms with Crippen LogP contribution in [0, 0.1) is 0 Å². The molecular formula is C18H22BrCl2NO2. The van der Waals surface area contributed by atoms with Crippen molar-refractivity contribution in [1.82, 2.24) is 5.32 Å². The summed E-state index contributed by atoms with van der Waals surface area (Å²) in [5.74, 6) is 1.50.